The van der Waals surface area contributed by atoms with Crippen molar-refractivity contribution in [1.82, 2.24) is 9.80 Å². The fraction of sp³-hybridized carbons (Fsp3) is 0.280. The third-order valence-corrected chi connectivity index (χ3v) is 6.22. The molecule has 0 N–H and O–H groups in total. The Balaban J connectivity index is 1.53. The minimum Gasteiger partial charge on any atom is -0.454 e. The summed E-state index contributed by atoms with van der Waals surface area (Å²) < 4.78 is 29.3. The van der Waals surface area contributed by atoms with E-state index in [1.807, 2.05) is 35.7 Å². The molecule has 0 saturated carbocycles. The van der Waals surface area contributed by atoms with Crippen LogP contribution in [-0.4, -0.2) is 55.2 Å². The maximum atomic E-state index is 13.5. The van der Waals surface area contributed by atoms with Crippen molar-refractivity contribution < 1.29 is 28.2 Å². The van der Waals surface area contributed by atoms with E-state index in [4.69, 9.17) is 14.2 Å². The highest BCUT2D eigenvalue weighted by Gasteiger charge is 2.24. The van der Waals surface area contributed by atoms with E-state index in [1.165, 1.54) is 36.3 Å². The van der Waals surface area contributed by atoms with E-state index in [1.54, 1.807) is 16.2 Å². The van der Waals surface area contributed by atoms with Crippen LogP contribution >= 0.6 is 11.3 Å². The van der Waals surface area contributed by atoms with Crippen LogP contribution in [0, 0.1) is 5.82 Å². The van der Waals surface area contributed by atoms with Gasteiger partial charge in [-0.2, -0.15) is 0 Å². The summed E-state index contributed by atoms with van der Waals surface area (Å²) in [4.78, 5) is 30.7. The van der Waals surface area contributed by atoms with Gasteiger partial charge in [0, 0.05) is 30.6 Å². The highest BCUT2D eigenvalue weighted by atomic mass is 32.1. The normalized spacial score (nSPS) is 11.9. The number of hydrogen-bond acceptors (Lipinski definition) is 6. The molecule has 0 saturated heterocycles. The van der Waals surface area contributed by atoms with E-state index in [0.717, 1.165) is 10.4 Å². The average Bonchev–Trinajstić information content (AvgIpc) is 3.53. The number of benzene rings is 2. The van der Waals surface area contributed by atoms with E-state index >= 15 is 0 Å². The molecule has 1 aromatic heterocycles. The predicted octanol–water partition coefficient (Wildman–Crippen LogP) is 3.93. The molecule has 0 atom stereocenters. The fourth-order valence-corrected chi connectivity index (χ4v) is 4.29. The van der Waals surface area contributed by atoms with E-state index in [2.05, 4.69) is 0 Å². The second-order valence-corrected chi connectivity index (χ2v) is 8.78. The van der Waals surface area contributed by atoms with Gasteiger partial charge in [0.1, 0.15) is 12.4 Å². The highest BCUT2D eigenvalue weighted by molar-refractivity contribution is 7.09. The molecule has 2 amide bonds. The zero-order valence-electron chi connectivity index (χ0n) is 18.7. The van der Waals surface area contributed by atoms with Gasteiger partial charge in [-0.15, -0.1) is 11.3 Å². The quantitative estimate of drug-likeness (QED) is 0.436. The standard InChI is InChI=1S/C25H25FN2O5S/c1-31-11-10-27(25(30)19-5-7-20(26)8-6-19)16-24(29)28(15-21-3-2-12-34-21)14-18-4-9-22-23(13-18)33-17-32-22/h2-9,12-13H,10-11,14-17H2,1H3. The molecule has 4 rings (SSSR count). The molecule has 0 spiro atoms. The third kappa shape index (κ3) is 5.92. The van der Waals surface area contributed by atoms with Crippen molar-refractivity contribution in [3.8, 4) is 11.5 Å². The highest BCUT2D eigenvalue weighted by Crippen LogP contribution is 2.33. The lowest BCUT2D eigenvalue weighted by Crippen LogP contribution is -2.43. The Labute approximate surface area is 201 Å². The zero-order valence-corrected chi connectivity index (χ0v) is 19.6. The van der Waals surface area contributed by atoms with Crippen LogP contribution in [0.3, 0.4) is 0 Å². The van der Waals surface area contributed by atoms with E-state index in [9.17, 15) is 14.0 Å². The summed E-state index contributed by atoms with van der Waals surface area (Å²) in [5.74, 6) is 0.328. The number of thiophene rings is 1. The lowest BCUT2D eigenvalue weighted by atomic mass is 10.1. The molecule has 0 radical (unpaired) electrons. The van der Waals surface area contributed by atoms with Crippen molar-refractivity contribution in [3.05, 3.63) is 81.8 Å². The molecule has 2 aromatic carbocycles. The first-order valence-corrected chi connectivity index (χ1v) is 11.6. The first kappa shape index (κ1) is 23.7. The van der Waals surface area contributed by atoms with Gasteiger partial charge in [-0.25, -0.2) is 4.39 Å². The number of hydrogen-bond donors (Lipinski definition) is 0. The van der Waals surface area contributed by atoms with Crippen molar-refractivity contribution in [2.45, 2.75) is 13.1 Å². The molecule has 0 fully saturated rings. The van der Waals surface area contributed by atoms with Crippen LogP contribution in [0.4, 0.5) is 4.39 Å². The van der Waals surface area contributed by atoms with E-state index < -0.39 is 5.82 Å². The average molecular weight is 485 g/mol. The summed E-state index contributed by atoms with van der Waals surface area (Å²) in [5, 5.41) is 1.96. The van der Waals surface area contributed by atoms with Crippen molar-refractivity contribution in [2.75, 3.05) is 33.6 Å². The van der Waals surface area contributed by atoms with Gasteiger partial charge in [0.25, 0.3) is 5.91 Å². The number of ether oxygens (including phenoxy) is 3. The van der Waals surface area contributed by atoms with Crippen LogP contribution in [0.15, 0.2) is 60.0 Å². The molecule has 34 heavy (non-hydrogen) atoms. The van der Waals surface area contributed by atoms with Gasteiger partial charge in [-0.05, 0) is 53.4 Å². The minimum atomic E-state index is -0.429. The lowest BCUT2D eigenvalue weighted by molar-refractivity contribution is -0.133. The summed E-state index contributed by atoms with van der Waals surface area (Å²) in [6, 6.07) is 14.8. The van der Waals surface area contributed by atoms with Crippen molar-refractivity contribution in [1.29, 1.82) is 0 Å². The fourth-order valence-electron chi connectivity index (χ4n) is 3.57. The summed E-state index contributed by atoms with van der Waals surface area (Å²) in [6.07, 6.45) is 0. The first-order chi connectivity index (χ1) is 16.5. The van der Waals surface area contributed by atoms with E-state index in [0.29, 0.717) is 30.2 Å². The van der Waals surface area contributed by atoms with Gasteiger partial charge in [-0.1, -0.05) is 12.1 Å². The van der Waals surface area contributed by atoms with Crippen molar-refractivity contribution >= 4 is 23.2 Å². The van der Waals surface area contributed by atoms with Crippen LogP contribution in [0.25, 0.3) is 0 Å². The maximum absolute atomic E-state index is 13.5. The second-order valence-electron chi connectivity index (χ2n) is 7.74. The Morgan fingerprint density at radius 1 is 1.03 bits per heavy atom. The summed E-state index contributed by atoms with van der Waals surface area (Å²) in [6.45, 7) is 1.30. The number of fused-ring (bicyclic) bond motifs is 1. The smallest absolute Gasteiger partial charge is 0.254 e. The number of carbonyl (C=O) groups is 2. The number of rotatable bonds is 10. The van der Waals surface area contributed by atoms with Crippen molar-refractivity contribution in [3.63, 3.8) is 0 Å². The second kappa shape index (κ2) is 11.1. The first-order valence-electron chi connectivity index (χ1n) is 10.8. The monoisotopic (exact) mass is 484 g/mol. The number of nitrogens with zero attached hydrogens (tertiary/aromatic N) is 2. The molecule has 178 valence electrons. The van der Waals surface area contributed by atoms with Gasteiger partial charge < -0.3 is 24.0 Å². The Kier molecular flexibility index (Phi) is 7.76. The number of carbonyl (C=O) groups excluding carboxylic acids is 2. The van der Waals surface area contributed by atoms with Gasteiger partial charge in [-0.3, -0.25) is 9.59 Å². The summed E-state index contributed by atoms with van der Waals surface area (Å²) in [7, 11) is 1.53. The van der Waals surface area contributed by atoms with Gasteiger partial charge in [0.15, 0.2) is 11.5 Å². The van der Waals surface area contributed by atoms with Crippen molar-refractivity contribution in [2.24, 2.45) is 0 Å². The molecule has 9 heteroatoms. The van der Waals surface area contributed by atoms with Gasteiger partial charge in [0.05, 0.1) is 13.2 Å². The molecule has 1 aliphatic heterocycles. The number of methoxy groups -OCH3 is 1. The van der Waals surface area contributed by atoms with Crippen LogP contribution in [0.2, 0.25) is 0 Å². The SMILES string of the molecule is COCCN(CC(=O)N(Cc1ccc2c(c1)OCO2)Cc1cccs1)C(=O)c1ccc(F)cc1. The van der Waals surface area contributed by atoms with E-state index in [-0.39, 0.29) is 38.3 Å². The number of halogens is 1. The van der Waals surface area contributed by atoms with Crippen LogP contribution in [-0.2, 0) is 22.6 Å². The van der Waals surface area contributed by atoms with Gasteiger partial charge in [0.2, 0.25) is 12.7 Å². The maximum Gasteiger partial charge on any atom is 0.254 e. The molecule has 2 heterocycles. The topological polar surface area (TPSA) is 68.3 Å². The van der Waals surface area contributed by atoms with Crippen LogP contribution < -0.4 is 9.47 Å². The molecule has 0 bridgehead atoms. The lowest BCUT2D eigenvalue weighted by Gasteiger charge is -2.27. The van der Waals surface area contributed by atoms with Gasteiger partial charge >= 0.3 is 0 Å². The Hall–Kier alpha value is -3.43. The zero-order chi connectivity index (χ0) is 23.9. The molecule has 7 nitrogen and oxygen atoms in total. The summed E-state index contributed by atoms with van der Waals surface area (Å²) >= 11 is 1.56. The molecule has 3 aromatic rings. The summed E-state index contributed by atoms with van der Waals surface area (Å²) in [5.41, 5.74) is 1.20. The minimum absolute atomic E-state index is 0.129. The molecule has 0 unspecified atom stereocenters. The Morgan fingerprint density at radius 3 is 2.56 bits per heavy atom. The van der Waals surface area contributed by atoms with Crippen LogP contribution in [0.5, 0.6) is 11.5 Å². The molecule has 1 aliphatic rings. The Bertz CT molecular complexity index is 1120. The third-order valence-electron chi connectivity index (χ3n) is 5.36. The van der Waals surface area contributed by atoms with Crippen LogP contribution in [0.1, 0.15) is 20.8 Å². The molecular weight excluding hydrogens is 459 g/mol. The predicted molar refractivity (Wildman–Crippen MR) is 125 cm³/mol. The largest absolute Gasteiger partial charge is 0.454 e. The Morgan fingerprint density at radius 2 is 1.82 bits per heavy atom. The molecule has 0 aliphatic carbocycles. The molecular formula is C25H25FN2O5S. The number of amides is 2.